The number of nitrogens with one attached hydrogen (secondary N) is 2. The van der Waals surface area contributed by atoms with Crippen LogP contribution in [0.3, 0.4) is 0 Å². The number of halogens is 4. The summed E-state index contributed by atoms with van der Waals surface area (Å²) < 4.78 is 48.0. The average molecular weight is 573 g/mol. The van der Waals surface area contributed by atoms with Gasteiger partial charge in [-0.1, -0.05) is 0 Å². The summed E-state index contributed by atoms with van der Waals surface area (Å²) in [4.78, 5) is 8.00. The highest BCUT2D eigenvalue weighted by atomic mass is 127. The maximum absolute atomic E-state index is 12.4. The van der Waals surface area contributed by atoms with Gasteiger partial charge in [0.15, 0.2) is 5.96 Å². The van der Waals surface area contributed by atoms with Gasteiger partial charge in [0, 0.05) is 44.8 Å². The molecule has 0 aliphatic carbocycles. The summed E-state index contributed by atoms with van der Waals surface area (Å²) in [6.45, 7) is 4.81. The molecule has 1 heterocycles. The molecule has 2 rings (SSSR count). The van der Waals surface area contributed by atoms with Crippen LogP contribution in [-0.4, -0.2) is 88.5 Å². The van der Waals surface area contributed by atoms with Gasteiger partial charge in [0.2, 0.25) is 0 Å². The molecule has 0 aromatic heterocycles. The molecule has 11 heteroatoms. The van der Waals surface area contributed by atoms with Crippen LogP contribution < -0.4 is 20.1 Å². The Morgan fingerprint density at radius 3 is 2.44 bits per heavy atom. The predicted molar refractivity (Wildman–Crippen MR) is 131 cm³/mol. The number of methoxy groups -OCH3 is 2. The van der Waals surface area contributed by atoms with E-state index >= 15 is 0 Å². The number of nitrogens with zero attached hydrogens (tertiary/aromatic N) is 3. The molecule has 0 saturated carbocycles. The first kappa shape index (κ1) is 28.6. The smallest absolute Gasteiger partial charge is 0.401 e. The van der Waals surface area contributed by atoms with Crippen LogP contribution in [0.4, 0.5) is 13.2 Å². The zero-order chi connectivity index (χ0) is 22.9. The van der Waals surface area contributed by atoms with E-state index in [1.54, 1.807) is 14.2 Å². The van der Waals surface area contributed by atoms with E-state index in [1.165, 1.54) is 11.9 Å². The topological polar surface area (TPSA) is 61.4 Å². The van der Waals surface area contributed by atoms with Crippen molar-refractivity contribution in [2.24, 2.45) is 4.99 Å². The molecule has 0 spiro atoms. The number of alkyl halides is 3. The lowest BCUT2D eigenvalue weighted by molar-refractivity contribution is -0.142. The summed E-state index contributed by atoms with van der Waals surface area (Å²) in [6, 6.07) is 6.08. The van der Waals surface area contributed by atoms with E-state index in [4.69, 9.17) is 9.47 Å². The van der Waals surface area contributed by atoms with Crippen molar-refractivity contribution in [1.82, 2.24) is 20.4 Å². The Balaban J connectivity index is 0.00000512. The second-order valence-corrected chi connectivity index (χ2v) is 7.70. The van der Waals surface area contributed by atoms with Crippen LogP contribution in [0.25, 0.3) is 0 Å². The number of aliphatic imine (C=N–C) groups is 1. The lowest BCUT2D eigenvalue weighted by Gasteiger charge is -2.20. The van der Waals surface area contributed by atoms with Crippen LogP contribution >= 0.6 is 24.0 Å². The van der Waals surface area contributed by atoms with Crippen LogP contribution in [0.2, 0.25) is 0 Å². The maximum Gasteiger partial charge on any atom is 0.401 e. The number of rotatable bonds is 10. The van der Waals surface area contributed by atoms with E-state index in [9.17, 15) is 13.2 Å². The molecule has 1 aliphatic heterocycles. The van der Waals surface area contributed by atoms with E-state index in [0.717, 1.165) is 43.1 Å². The molecule has 0 radical (unpaired) electrons. The third-order valence-electron chi connectivity index (χ3n) is 4.98. The van der Waals surface area contributed by atoms with E-state index < -0.39 is 12.7 Å². The van der Waals surface area contributed by atoms with Crippen molar-refractivity contribution in [3.8, 4) is 11.5 Å². The minimum absolute atomic E-state index is 0. The van der Waals surface area contributed by atoms with Gasteiger partial charge in [-0.2, -0.15) is 13.2 Å². The minimum atomic E-state index is -4.19. The molecule has 1 saturated heterocycles. The molecular weight excluding hydrogens is 538 g/mol. The number of guanidine groups is 1. The Morgan fingerprint density at radius 1 is 1.22 bits per heavy atom. The van der Waals surface area contributed by atoms with Gasteiger partial charge in [0.05, 0.1) is 27.3 Å². The molecule has 0 bridgehead atoms. The van der Waals surface area contributed by atoms with Crippen molar-refractivity contribution in [2.75, 3.05) is 60.5 Å². The summed E-state index contributed by atoms with van der Waals surface area (Å²) in [5.74, 6) is 2.17. The van der Waals surface area contributed by atoms with Crippen LogP contribution in [0.5, 0.6) is 11.5 Å². The highest BCUT2D eigenvalue weighted by Crippen LogP contribution is 2.24. The molecule has 184 valence electrons. The third kappa shape index (κ3) is 10.4. The maximum atomic E-state index is 12.4. The summed E-state index contributed by atoms with van der Waals surface area (Å²) in [7, 11) is 4.72. The molecule has 1 aliphatic rings. The molecule has 7 nitrogen and oxygen atoms in total. The second kappa shape index (κ2) is 13.9. The quantitative estimate of drug-likeness (QED) is 0.255. The highest BCUT2D eigenvalue weighted by Gasteiger charge is 2.29. The fourth-order valence-corrected chi connectivity index (χ4v) is 3.54. The van der Waals surface area contributed by atoms with Gasteiger partial charge in [-0.3, -0.25) is 14.8 Å². The fraction of sp³-hybridized carbons (Fsp3) is 0.667. The van der Waals surface area contributed by atoms with Gasteiger partial charge in [-0.15, -0.1) is 24.0 Å². The van der Waals surface area contributed by atoms with E-state index in [-0.39, 0.29) is 36.6 Å². The lowest BCUT2D eigenvalue weighted by Crippen LogP contribution is -2.45. The van der Waals surface area contributed by atoms with Crippen molar-refractivity contribution in [3.63, 3.8) is 0 Å². The Morgan fingerprint density at radius 2 is 1.88 bits per heavy atom. The van der Waals surface area contributed by atoms with Crippen molar-refractivity contribution in [3.05, 3.63) is 23.8 Å². The van der Waals surface area contributed by atoms with E-state index in [0.29, 0.717) is 19.0 Å². The van der Waals surface area contributed by atoms with Gasteiger partial charge in [-0.25, -0.2) is 0 Å². The first-order valence-corrected chi connectivity index (χ1v) is 10.5. The molecule has 32 heavy (non-hydrogen) atoms. The normalized spacial score (nSPS) is 17.2. The number of hydrogen-bond donors (Lipinski definition) is 2. The van der Waals surface area contributed by atoms with Gasteiger partial charge in [0.25, 0.3) is 0 Å². The molecule has 1 fully saturated rings. The number of ether oxygens (including phenoxy) is 2. The van der Waals surface area contributed by atoms with Gasteiger partial charge < -0.3 is 20.1 Å². The third-order valence-corrected chi connectivity index (χ3v) is 4.98. The monoisotopic (exact) mass is 573 g/mol. The van der Waals surface area contributed by atoms with Crippen LogP contribution in [0, 0.1) is 0 Å². The van der Waals surface area contributed by atoms with Crippen LogP contribution in [0.1, 0.15) is 18.9 Å². The highest BCUT2D eigenvalue weighted by molar-refractivity contribution is 14.0. The van der Waals surface area contributed by atoms with Crippen LogP contribution in [0.15, 0.2) is 23.2 Å². The van der Waals surface area contributed by atoms with Gasteiger partial charge in [-0.05, 0) is 38.1 Å². The SMILES string of the molecule is CCNC(=NCCN(C)CC(F)(F)F)NC1CCN(Cc2cc(OC)cc(OC)c2)C1.I. The van der Waals surface area contributed by atoms with Crippen LogP contribution in [-0.2, 0) is 6.54 Å². The van der Waals surface area contributed by atoms with Crippen molar-refractivity contribution < 1.29 is 22.6 Å². The fourth-order valence-electron chi connectivity index (χ4n) is 3.54. The lowest BCUT2D eigenvalue weighted by atomic mass is 10.2. The minimum Gasteiger partial charge on any atom is -0.497 e. The van der Waals surface area contributed by atoms with Crippen molar-refractivity contribution in [1.29, 1.82) is 0 Å². The molecule has 1 unspecified atom stereocenters. The van der Waals surface area contributed by atoms with Crippen molar-refractivity contribution >= 4 is 29.9 Å². The molecule has 1 aromatic rings. The summed E-state index contributed by atoms with van der Waals surface area (Å²) in [5, 5.41) is 6.58. The number of benzene rings is 1. The summed E-state index contributed by atoms with van der Waals surface area (Å²) in [6.07, 6.45) is -3.24. The van der Waals surface area contributed by atoms with Gasteiger partial charge in [0.1, 0.15) is 11.5 Å². The molecular formula is C21H35F3IN5O2. The molecule has 1 atom stereocenters. The standard InChI is InChI=1S/C21H34F3N5O2.HI/c1-5-25-20(26-7-9-28(2)15-21(22,23)24)27-17-6-8-29(14-17)13-16-10-18(30-3)12-19(11-16)31-4;/h10-12,17H,5-9,13-15H2,1-4H3,(H2,25,26,27);1H. The Kier molecular flexibility index (Phi) is 12.4. The Hall–Kier alpha value is -1.47. The predicted octanol–water partition coefficient (Wildman–Crippen LogP) is 2.95. The zero-order valence-electron chi connectivity index (χ0n) is 19.2. The summed E-state index contributed by atoms with van der Waals surface area (Å²) >= 11 is 0. The average Bonchev–Trinajstić information content (AvgIpc) is 3.13. The molecule has 1 aromatic carbocycles. The second-order valence-electron chi connectivity index (χ2n) is 7.70. The Labute approximate surface area is 205 Å². The number of likely N-dealkylation sites (tertiary alicyclic amines) is 1. The Bertz CT molecular complexity index is 699. The first-order chi connectivity index (χ1) is 14.7. The zero-order valence-corrected chi connectivity index (χ0v) is 21.5. The van der Waals surface area contributed by atoms with Crippen molar-refractivity contribution in [2.45, 2.75) is 32.1 Å². The molecule has 2 N–H and O–H groups in total. The van der Waals surface area contributed by atoms with E-state index in [1.807, 2.05) is 25.1 Å². The number of hydrogen-bond acceptors (Lipinski definition) is 5. The van der Waals surface area contributed by atoms with Gasteiger partial charge >= 0.3 is 6.18 Å². The first-order valence-electron chi connectivity index (χ1n) is 10.5. The largest absolute Gasteiger partial charge is 0.497 e. The molecule has 0 amide bonds. The number of likely N-dealkylation sites (N-methyl/N-ethyl adjacent to an activating group) is 1. The summed E-state index contributed by atoms with van der Waals surface area (Å²) in [5.41, 5.74) is 1.12. The van der Waals surface area contributed by atoms with E-state index in [2.05, 4.69) is 20.5 Å².